The van der Waals surface area contributed by atoms with Gasteiger partial charge in [0.25, 0.3) is 0 Å². The molecule has 0 amide bonds. The van der Waals surface area contributed by atoms with Crippen LogP contribution in [0.2, 0.25) is 0 Å². The van der Waals surface area contributed by atoms with Crippen molar-refractivity contribution < 1.29 is 4.74 Å². The first-order valence-corrected chi connectivity index (χ1v) is 15.3. The Morgan fingerprint density at radius 2 is 0.933 bits per heavy atom. The largest absolute Gasteiger partial charge is 0.457 e. The van der Waals surface area contributed by atoms with E-state index >= 15 is 0 Å². The summed E-state index contributed by atoms with van der Waals surface area (Å²) in [6.07, 6.45) is 11.3. The fraction of sp³-hybridized carbons (Fsp3) is 0.158. The van der Waals surface area contributed by atoms with Gasteiger partial charge >= 0.3 is 0 Å². The van der Waals surface area contributed by atoms with Gasteiger partial charge in [-0.3, -0.25) is 19.1 Å². The Balaban J connectivity index is 1.27. The summed E-state index contributed by atoms with van der Waals surface area (Å²) in [6.45, 7) is 8.79. The summed E-state index contributed by atoms with van der Waals surface area (Å²) in [5.41, 5.74) is 6.51. The van der Waals surface area contributed by atoms with Crippen molar-refractivity contribution >= 4 is 43.6 Å². The quantitative estimate of drug-likeness (QED) is 0.193. The van der Waals surface area contributed by atoms with Gasteiger partial charge in [-0.15, -0.1) is 0 Å². The number of ether oxygens (including phenoxy) is 1. The van der Waals surface area contributed by atoms with E-state index in [0.717, 1.165) is 66.7 Å². The molecule has 7 heteroatoms. The molecule has 0 atom stereocenters. The lowest BCUT2D eigenvalue weighted by atomic mass is 10.1. The lowest BCUT2D eigenvalue weighted by Crippen LogP contribution is -2.00. The van der Waals surface area contributed by atoms with Crippen LogP contribution in [0, 0.1) is 0 Å². The smallest absolute Gasteiger partial charge is 0.137 e. The van der Waals surface area contributed by atoms with Gasteiger partial charge in [0.15, 0.2) is 0 Å². The van der Waals surface area contributed by atoms with E-state index in [1.165, 1.54) is 11.1 Å². The third kappa shape index (κ3) is 4.51. The summed E-state index contributed by atoms with van der Waals surface area (Å²) in [6, 6.07) is 25.1. The van der Waals surface area contributed by atoms with Crippen LogP contribution in [0.25, 0.3) is 55.2 Å². The average molecular weight is 589 g/mol. The molecular formula is C38H32N6O. The molecule has 0 spiro atoms. The molecule has 0 aliphatic rings. The second-order valence-electron chi connectivity index (χ2n) is 12.1. The van der Waals surface area contributed by atoms with E-state index in [4.69, 9.17) is 14.7 Å². The predicted molar refractivity (Wildman–Crippen MR) is 181 cm³/mol. The molecule has 0 aliphatic carbocycles. The van der Waals surface area contributed by atoms with Crippen molar-refractivity contribution in [3.63, 3.8) is 0 Å². The van der Waals surface area contributed by atoms with Gasteiger partial charge in [-0.1, -0.05) is 27.7 Å². The number of benzene rings is 2. The van der Waals surface area contributed by atoms with Gasteiger partial charge in [0, 0.05) is 58.5 Å². The van der Waals surface area contributed by atoms with Crippen LogP contribution in [0.15, 0.2) is 110 Å². The van der Waals surface area contributed by atoms with Crippen LogP contribution >= 0.6 is 0 Å². The van der Waals surface area contributed by atoms with Gasteiger partial charge in [-0.05, 0) is 83.6 Å². The molecule has 0 unspecified atom stereocenters. The lowest BCUT2D eigenvalue weighted by Gasteiger charge is -2.12. The fourth-order valence-electron chi connectivity index (χ4n) is 6.28. The molecular weight excluding hydrogens is 556 g/mol. The van der Waals surface area contributed by atoms with Gasteiger partial charge in [-0.25, -0.2) is 9.97 Å². The Hall–Kier alpha value is -5.56. The number of pyridine rings is 4. The Morgan fingerprint density at radius 3 is 1.38 bits per heavy atom. The first-order chi connectivity index (χ1) is 22.0. The van der Waals surface area contributed by atoms with Crippen LogP contribution in [0.4, 0.5) is 0 Å². The summed E-state index contributed by atoms with van der Waals surface area (Å²) in [7, 11) is 0. The van der Waals surface area contributed by atoms with Crippen LogP contribution in [0.5, 0.6) is 11.5 Å². The van der Waals surface area contributed by atoms with Crippen LogP contribution < -0.4 is 4.74 Å². The Labute approximate surface area is 260 Å². The standard InChI is InChI=1S/C38H32N6O/c1-23(2)25-9-15-41-37(17-25)43-33-19-27(5-7-29(33)31-11-13-39-21-35(31)43)45-28-6-8-30-32-12-14-40-22-36(32)44(34(30)20-28)38-18-26(24(3)4)10-16-42-38/h5-24H,1-4H3. The molecule has 7 nitrogen and oxygen atoms in total. The van der Waals surface area contributed by atoms with Gasteiger partial charge in [0.2, 0.25) is 0 Å². The van der Waals surface area contributed by atoms with E-state index in [1.807, 2.05) is 49.3 Å². The Morgan fingerprint density at radius 1 is 0.489 bits per heavy atom. The summed E-state index contributed by atoms with van der Waals surface area (Å²) in [4.78, 5) is 18.4. The summed E-state index contributed by atoms with van der Waals surface area (Å²) >= 11 is 0. The first-order valence-electron chi connectivity index (χ1n) is 15.3. The van der Waals surface area contributed by atoms with E-state index < -0.39 is 0 Å². The fourth-order valence-corrected chi connectivity index (χ4v) is 6.28. The minimum Gasteiger partial charge on any atom is -0.457 e. The summed E-state index contributed by atoms with van der Waals surface area (Å²) in [5.74, 6) is 3.98. The van der Waals surface area contributed by atoms with Crippen molar-refractivity contribution in [3.8, 4) is 23.1 Å². The highest BCUT2D eigenvalue weighted by Gasteiger charge is 2.17. The molecule has 8 rings (SSSR count). The number of aromatic nitrogens is 6. The lowest BCUT2D eigenvalue weighted by molar-refractivity contribution is 0.484. The predicted octanol–water partition coefficient (Wildman–Crippen LogP) is 9.50. The summed E-state index contributed by atoms with van der Waals surface area (Å²) < 4.78 is 11.0. The maximum absolute atomic E-state index is 6.59. The maximum atomic E-state index is 6.59. The second kappa shape index (κ2) is 10.6. The van der Waals surface area contributed by atoms with Crippen LogP contribution in [0.1, 0.15) is 50.7 Å². The molecule has 6 heterocycles. The molecule has 2 aromatic carbocycles. The minimum absolute atomic E-state index is 0.390. The van der Waals surface area contributed by atoms with Crippen molar-refractivity contribution in [3.05, 3.63) is 121 Å². The highest BCUT2D eigenvalue weighted by Crippen LogP contribution is 2.37. The molecule has 0 N–H and O–H groups in total. The highest BCUT2D eigenvalue weighted by atomic mass is 16.5. The third-order valence-electron chi connectivity index (χ3n) is 8.65. The molecule has 8 aromatic rings. The van der Waals surface area contributed by atoms with Gasteiger partial charge in [0.05, 0.1) is 34.5 Å². The van der Waals surface area contributed by atoms with Gasteiger partial charge < -0.3 is 4.74 Å². The van der Waals surface area contributed by atoms with Crippen molar-refractivity contribution in [1.29, 1.82) is 0 Å². The van der Waals surface area contributed by atoms with Gasteiger partial charge in [0.1, 0.15) is 23.1 Å². The van der Waals surface area contributed by atoms with Crippen LogP contribution in [-0.2, 0) is 0 Å². The third-order valence-corrected chi connectivity index (χ3v) is 8.65. The van der Waals surface area contributed by atoms with E-state index in [2.05, 4.69) is 107 Å². The maximum Gasteiger partial charge on any atom is 0.137 e. The zero-order valence-corrected chi connectivity index (χ0v) is 25.6. The SMILES string of the molecule is CC(C)c1ccnc(-n2c3cnccc3c3ccc(Oc4ccc5c6ccncc6n(-c6cc(C(C)C)ccn6)c5c4)cc32)c1. The zero-order valence-electron chi connectivity index (χ0n) is 25.6. The Bertz CT molecular complexity index is 2220. The normalized spacial score (nSPS) is 12.0. The number of rotatable bonds is 6. The first kappa shape index (κ1) is 27.0. The molecule has 0 radical (unpaired) electrons. The highest BCUT2D eigenvalue weighted by molar-refractivity contribution is 6.10. The molecule has 6 aromatic heterocycles. The van der Waals surface area contributed by atoms with E-state index in [1.54, 1.807) is 0 Å². The monoisotopic (exact) mass is 588 g/mol. The van der Waals surface area contributed by atoms with Crippen molar-refractivity contribution in [1.82, 2.24) is 29.1 Å². The van der Waals surface area contributed by atoms with Crippen molar-refractivity contribution in [2.75, 3.05) is 0 Å². The molecule has 0 saturated carbocycles. The number of nitrogens with zero attached hydrogens (tertiary/aromatic N) is 6. The van der Waals surface area contributed by atoms with E-state index in [-0.39, 0.29) is 0 Å². The molecule has 0 saturated heterocycles. The topological polar surface area (TPSA) is 70.7 Å². The molecule has 0 aliphatic heterocycles. The van der Waals surface area contributed by atoms with E-state index in [0.29, 0.717) is 11.8 Å². The van der Waals surface area contributed by atoms with Crippen LogP contribution in [0.3, 0.4) is 0 Å². The number of fused-ring (bicyclic) bond motifs is 6. The minimum atomic E-state index is 0.390. The molecule has 220 valence electrons. The Kier molecular flexibility index (Phi) is 6.34. The number of hydrogen-bond acceptors (Lipinski definition) is 5. The molecule has 45 heavy (non-hydrogen) atoms. The average Bonchev–Trinajstić information content (AvgIpc) is 3.57. The van der Waals surface area contributed by atoms with Gasteiger partial charge in [-0.2, -0.15) is 0 Å². The summed E-state index contributed by atoms with van der Waals surface area (Å²) in [5, 5.41) is 4.49. The van der Waals surface area contributed by atoms with Crippen molar-refractivity contribution in [2.24, 2.45) is 0 Å². The second-order valence-corrected chi connectivity index (χ2v) is 12.1. The van der Waals surface area contributed by atoms with Crippen molar-refractivity contribution in [2.45, 2.75) is 39.5 Å². The van der Waals surface area contributed by atoms with E-state index in [9.17, 15) is 0 Å². The molecule has 0 bridgehead atoms. The zero-order chi connectivity index (χ0) is 30.7. The van der Waals surface area contributed by atoms with Crippen LogP contribution in [-0.4, -0.2) is 29.1 Å². The number of hydrogen-bond donors (Lipinski definition) is 0. The molecule has 0 fully saturated rings.